The van der Waals surface area contributed by atoms with Crippen LogP contribution in [0.4, 0.5) is 5.82 Å². The lowest BCUT2D eigenvalue weighted by atomic mass is 10.00. The van der Waals surface area contributed by atoms with Crippen molar-refractivity contribution in [2.45, 2.75) is 65.0 Å². The molecule has 2 heterocycles. The molecule has 0 unspecified atom stereocenters. The Morgan fingerprint density at radius 1 is 1.00 bits per heavy atom. The van der Waals surface area contributed by atoms with Gasteiger partial charge in [-0.25, -0.2) is 9.97 Å². The summed E-state index contributed by atoms with van der Waals surface area (Å²) in [5.41, 5.74) is 17.5. The summed E-state index contributed by atoms with van der Waals surface area (Å²) in [6.45, 7) is 6.92. The van der Waals surface area contributed by atoms with Crippen LogP contribution in [0, 0.1) is 0 Å². The Bertz CT molecular complexity index is 1270. The molecule has 0 fully saturated rings. The number of nitrogen functional groups attached to an aromatic ring is 1. The maximum Gasteiger partial charge on any atom is 0.152 e. The van der Waals surface area contributed by atoms with Crippen molar-refractivity contribution >= 4 is 27.8 Å². The van der Waals surface area contributed by atoms with E-state index in [2.05, 4.69) is 54.0 Å². The first kappa shape index (κ1) is 23.2. The highest BCUT2D eigenvalue weighted by molar-refractivity contribution is 6.06. The van der Waals surface area contributed by atoms with Gasteiger partial charge in [0.05, 0.1) is 23.2 Å². The second kappa shape index (κ2) is 9.49. The fourth-order valence-corrected chi connectivity index (χ4v) is 4.49. The van der Waals surface area contributed by atoms with Crippen molar-refractivity contribution in [3.8, 4) is 0 Å². The molecule has 0 aliphatic heterocycles. The number of rotatable bonds is 9. The summed E-state index contributed by atoms with van der Waals surface area (Å²) in [7, 11) is 0. The first-order valence-electron chi connectivity index (χ1n) is 11.9. The Morgan fingerprint density at radius 3 is 2.48 bits per heavy atom. The highest BCUT2D eigenvalue weighted by Crippen LogP contribution is 2.31. The van der Waals surface area contributed by atoms with Gasteiger partial charge in [0.15, 0.2) is 5.82 Å². The fourth-order valence-electron chi connectivity index (χ4n) is 4.49. The van der Waals surface area contributed by atoms with Crippen molar-refractivity contribution in [3.05, 3.63) is 65.0 Å². The van der Waals surface area contributed by atoms with Crippen molar-refractivity contribution in [2.24, 2.45) is 5.73 Å². The normalized spacial score (nSPS) is 12.2. The van der Waals surface area contributed by atoms with E-state index in [1.54, 1.807) is 0 Å². The molecule has 0 saturated carbocycles. The van der Waals surface area contributed by atoms with Crippen LogP contribution in [0.25, 0.3) is 21.9 Å². The van der Waals surface area contributed by atoms with Crippen LogP contribution in [-0.4, -0.2) is 31.8 Å². The molecule has 0 spiro atoms. The van der Waals surface area contributed by atoms with Gasteiger partial charge in [0.25, 0.3) is 0 Å². The van der Waals surface area contributed by atoms with Gasteiger partial charge in [-0.1, -0.05) is 49.7 Å². The number of imidazole rings is 1. The van der Waals surface area contributed by atoms with Crippen LogP contribution in [0.15, 0.2) is 42.5 Å². The highest BCUT2D eigenvalue weighted by atomic mass is 16.3. The molecule has 5 N–H and O–H groups in total. The highest BCUT2D eigenvalue weighted by Gasteiger charge is 2.22. The number of unbranched alkanes of at least 4 members (excludes halogenated alkanes) is 1. The number of fused-ring (bicyclic) bond motifs is 3. The summed E-state index contributed by atoms with van der Waals surface area (Å²) in [6, 6.07) is 15.0. The lowest BCUT2D eigenvalue weighted by molar-refractivity contribution is 0.0618. The Balaban J connectivity index is 1.80. The minimum atomic E-state index is -0.868. The zero-order valence-corrected chi connectivity index (χ0v) is 19.9. The summed E-state index contributed by atoms with van der Waals surface area (Å²) in [4.78, 5) is 9.56. The number of hydrogen-bond donors (Lipinski definition) is 3. The smallest absolute Gasteiger partial charge is 0.152 e. The number of benzene rings is 2. The number of anilines is 1. The molecular formula is C27H35N5O. The van der Waals surface area contributed by atoms with Crippen molar-refractivity contribution in [2.75, 3.05) is 12.3 Å². The largest absolute Gasteiger partial charge is 0.389 e. The van der Waals surface area contributed by atoms with Gasteiger partial charge in [0, 0.05) is 11.8 Å². The summed E-state index contributed by atoms with van der Waals surface area (Å²) in [6.07, 6.45) is 4.66. The van der Waals surface area contributed by atoms with Crippen LogP contribution in [0.2, 0.25) is 0 Å². The average molecular weight is 446 g/mol. The third-order valence-corrected chi connectivity index (χ3v) is 5.98. The number of aromatic nitrogens is 3. The maximum absolute atomic E-state index is 10.6. The van der Waals surface area contributed by atoms with Gasteiger partial charge >= 0.3 is 0 Å². The number of nitrogens with two attached hydrogens (primary N) is 2. The van der Waals surface area contributed by atoms with Crippen LogP contribution in [0.3, 0.4) is 0 Å². The number of aliphatic hydroxyl groups is 1. The molecule has 0 bridgehead atoms. The Hall–Kier alpha value is -2.96. The molecule has 4 rings (SSSR count). The molecular weight excluding hydrogens is 410 g/mol. The molecule has 2 aromatic heterocycles. The standard InChI is InChI=1S/C27H35N5O/c1-4-5-9-23-31-24-25(32(23)17-27(2,3)33)21-11-10-20(16-22(21)30-26(24)29)15-19-8-6-7-18(14-19)12-13-28/h6-8,10-11,14,16,33H,4-5,9,12-13,15,17,28H2,1-3H3,(H2,29,30). The predicted molar refractivity (Wildman–Crippen MR) is 136 cm³/mol. The first-order chi connectivity index (χ1) is 15.8. The van der Waals surface area contributed by atoms with Crippen LogP contribution in [-0.2, 0) is 25.8 Å². The minimum Gasteiger partial charge on any atom is -0.389 e. The van der Waals surface area contributed by atoms with E-state index in [0.29, 0.717) is 18.9 Å². The van der Waals surface area contributed by atoms with Crippen molar-refractivity contribution in [1.82, 2.24) is 14.5 Å². The number of aryl methyl sites for hydroxylation is 1. The molecule has 4 aromatic rings. The molecule has 6 heteroatoms. The summed E-state index contributed by atoms with van der Waals surface area (Å²) < 4.78 is 2.14. The van der Waals surface area contributed by atoms with E-state index in [1.807, 2.05) is 13.8 Å². The summed E-state index contributed by atoms with van der Waals surface area (Å²) in [5.74, 6) is 1.39. The van der Waals surface area contributed by atoms with Gasteiger partial charge < -0.3 is 21.1 Å². The second-order valence-corrected chi connectivity index (χ2v) is 9.61. The monoisotopic (exact) mass is 445 g/mol. The van der Waals surface area contributed by atoms with Crippen LogP contribution in [0.1, 0.15) is 56.1 Å². The van der Waals surface area contributed by atoms with Gasteiger partial charge in [-0.3, -0.25) is 0 Å². The van der Waals surface area contributed by atoms with E-state index in [9.17, 15) is 5.11 Å². The molecule has 174 valence electrons. The Kier molecular flexibility index (Phi) is 6.68. The van der Waals surface area contributed by atoms with Gasteiger partial charge in [-0.05, 0) is 62.4 Å². The SMILES string of the molecule is CCCCc1nc2c(N)nc3cc(Cc4cccc(CCN)c4)ccc3c2n1CC(C)(C)O. The van der Waals surface area contributed by atoms with Crippen LogP contribution < -0.4 is 11.5 Å². The molecule has 2 aromatic carbocycles. The molecule has 0 aliphatic carbocycles. The maximum atomic E-state index is 10.6. The zero-order chi connectivity index (χ0) is 23.6. The predicted octanol–water partition coefficient (Wildman–Crippen LogP) is 4.37. The van der Waals surface area contributed by atoms with Crippen molar-refractivity contribution in [3.63, 3.8) is 0 Å². The number of pyridine rings is 1. The van der Waals surface area contributed by atoms with Gasteiger partial charge in [-0.15, -0.1) is 0 Å². The van der Waals surface area contributed by atoms with E-state index >= 15 is 0 Å². The Morgan fingerprint density at radius 2 is 1.76 bits per heavy atom. The van der Waals surface area contributed by atoms with Crippen LogP contribution in [0.5, 0.6) is 0 Å². The summed E-state index contributed by atoms with van der Waals surface area (Å²) in [5, 5.41) is 11.6. The summed E-state index contributed by atoms with van der Waals surface area (Å²) >= 11 is 0. The van der Waals surface area contributed by atoms with E-state index < -0.39 is 5.60 Å². The van der Waals surface area contributed by atoms with Gasteiger partial charge in [-0.2, -0.15) is 0 Å². The first-order valence-corrected chi connectivity index (χ1v) is 11.9. The lowest BCUT2D eigenvalue weighted by Gasteiger charge is -2.21. The lowest BCUT2D eigenvalue weighted by Crippen LogP contribution is -2.27. The molecule has 0 atom stereocenters. The van der Waals surface area contributed by atoms with Gasteiger partial charge in [0.2, 0.25) is 0 Å². The van der Waals surface area contributed by atoms with Crippen LogP contribution >= 0.6 is 0 Å². The minimum absolute atomic E-state index is 0.437. The molecule has 0 amide bonds. The van der Waals surface area contributed by atoms with E-state index in [0.717, 1.165) is 59.9 Å². The zero-order valence-electron chi connectivity index (χ0n) is 19.9. The van der Waals surface area contributed by atoms with Crippen molar-refractivity contribution < 1.29 is 5.11 Å². The van der Waals surface area contributed by atoms with E-state index in [4.69, 9.17) is 21.4 Å². The quantitative estimate of drug-likeness (QED) is 0.355. The van der Waals surface area contributed by atoms with E-state index in [-0.39, 0.29) is 0 Å². The fraction of sp³-hybridized carbons (Fsp3) is 0.407. The molecule has 33 heavy (non-hydrogen) atoms. The van der Waals surface area contributed by atoms with Gasteiger partial charge in [0.1, 0.15) is 11.3 Å². The molecule has 6 nitrogen and oxygen atoms in total. The molecule has 0 radical (unpaired) electrons. The van der Waals surface area contributed by atoms with Crippen molar-refractivity contribution in [1.29, 1.82) is 0 Å². The number of nitrogens with zero attached hydrogens (tertiary/aromatic N) is 3. The third kappa shape index (κ3) is 5.18. The second-order valence-electron chi connectivity index (χ2n) is 9.61. The third-order valence-electron chi connectivity index (χ3n) is 5.98. The molecule has 0 saturated heterocycles. The topological polar surface area (TPSA) is 103 Å². The Labute approximate surface area is 195 Å². The molecule has 0 aliphatic rings. The number of hydrogen-bond acceptors (Lipinski definition) is 5. The van der Waals surface area contributed by atoms with E-state index in [1.165, 1.54) is 16.7 Å². The average Bonchev–Trinajstić information content (AvgIpc) is 3.10.